The van der Waals surface area contributed by atoms with E-state index >= 15 is 0 Å². The zero-order chi connectivity index (χ0) is 41.0. The standard InChI is InChI=1S/C50H97NO5/c1-3-5-7-9-11-13-15-17-19-20-21-22-23-24-25-26-27-28-30-31-33-35-37-39-41-43-47(53)49(55)46(45-52)51-50(56)48(54)44-42-40-38-36-34-32-29-18-16-14-12-10-8-6-4-2/h28,30,35,37,46-49,52-55H,3-27,29,31-34,36,38-45H2,1-2H3,(H,51,56)/b30-28+,37-35+. The molecule has 5 N–H and O–H groups in total. The van der Waals surface area contributed by atoms with Gasteiger partial charge in [0.1, 0.15) is 12.2 Å². The molecule has 0 aliphatic rings. The van der Waals surface area contributed by atoms with Crippen LogP contribution in [-0.2, 0) is 4.79 Å². The van der Waals surface area contributed by atoms with Crippen LogP contribution in [0.4, 0.5) is 0 Å². The minimum atomic E-state index is -1.29. The highest BCUT2D eigenvalue weighted by Gasteiger charge is 2.28. The van der Waals surface area contributed by atoms with Gasteiger partial charge in [-0.1, -0.05) is 231 Å². The third-order valence-electron chi connectivity index (χ3n) is 11.6. The van der Waals surface area contributed by atoms with Gasteiger partial charge in [0, 0.05) is 0 Å². The van der Waals surface area contributed by atoms with E-state index in [4.69, 9.17) is 0 Å². The van der Waals surface area contributed by atoms with Gasteiger partial charge in [-0.2, -0.15) is 0 Å². The molecule has 0 aromatic heterocycles. The van der Waals surface area contributed by atoms with Crippen molar-refractivity contribution >= 4 is 5.91 Å². The minimum absolute atomic E-state index is 0.364. The molecule has 56 heavy (non-hydrogen) atoms. The Balaban J connectivity index is 3.72. The van der Waals surface area contributed by atoms with E-state index in [9.17, 15) is 25.2 Å². The first-order valence-corrected chi connectivity index (χ1v) is 24.7. The van der Waals surface area contributed by atoms with Crippen LogP contribution in [0.15, 0.2) is 24.3 Å². The topological polar surface area (TPSA) is 110 Å². The lowest BCUT2D eigenvalue weighted by molar-refractivity contribution is -0.132. The number of amides is 1. The number of aliphatic hydroxyl groups is 4. The minimum Gasteiger partial charge on any atom is -0.394 e. The predicted molar refractivity (Wildman–Crippen MR) is 242 cm³/mol. The second kappa shape index (κ2) is 44.9. The molecule has 0 heterocycles. The van der Waals surface area contributed by atoms with Crippen LogP contribution in [0.1, 0.15) is 258 Å². The number of unbranched alkanes of at least 4 members (excludes halogenated alkanes) is 32. The fourth-order valence-electron chi connectivity index (χ4n) is 7.72. The second-order valence-electron chi connectivity index (χ2n) is 17.2. The zero-order valence-corrected chi connectivity index (χ0v) is 37.4. The lowest BCUT2D eigenvalue weighted by atomic mass is 10.00. The number of aliphatic hydroxyl groups excluding tert-OH is 4. The Bertz CT molecular complexity index is 847. The largest absolute Gasteiger partial charge is 0.394 e. The van der Waals surface area contributed by atoms with Crippen molar-refractivity contribution < 1.29 is 25.2 Å². The van der Waals surface area contributed by atoms with E-state index in [1.54, 1.807) is 0 Å². The first-order chi connectivity index (χ1) is 27.5. The molecule has 0 aliphatic carbocycles. The third kappa shape index (κ3) is 38.3. The molecule has 0 saturated carbocycles. The van der Waals surface area contributed by atoms with E-state index in [-0.39, 0.29) is 0 Å². The molecular weight excluding hydrogens is 695 g/mol. The SMILES string of the molecule is CCCCCCCCCCCCCCCCCC/C=C/CC/C=C/CCCC(O)C(O)C(CO)NC(=O)C(O)CCCCCCCCCCCCCCCCC. The van der Waals surface area contributed by atoms with Crippen molar-refractivity contribution in [2.75, 3.05) is 6.61 Å². The molecular formula is C50H97NO5. The predicted octanol–water partition coefficient (Wildman–Crippen LogP) is 13.5. The Morgan fingerprint density at radius 1 is 0.429 bits per heavy atom. The summed E-state index contributed by atoms with van der Waals surface area (Å²) in [5, 5.41) is 43.7. The van der Waals surface area contributed by atoms with E-state index in [1.807, 2.05) is 0 Å². The number of carbonyl (C=O) groups excluding carboxylic acids is 1. The highest BCUT2D eigenvalue weighted by Crippen LogP contribution is 2.17. The van der Waals surface area contributed by atoms with Crippen molar-refractivity contribution in [1.82, 2.24) is 5.32 Å². The number of nitrogens with one attached hydrogen (secondary N) is 1. The number of allylic oxidation sites excluding steroid dienone is 4. The maximum atomic E-state index is 12.5. The molecule has 0 saturated heterocycles. The summed E-state index contributed by atoms with van der Waals surface area (Å²) >= 11 is 0. The number of rotatable bonds is 45. The lowest BCUT2D eigenvalue weighted by Gasteiger charge is -2.27. The molecule has 6 nitrogen and oxygen atoms in total. The van der Waals surface area contributed by atoms with Crippen LogP contribution in [0.25, 0.3) is 0 Å². The maximum absolute atomic E-state index is 12.5. The fourth-order valence-corrected chi connectivity index (χ4v) is 7.72. The third-order valence-corrected chi connectivity index (χ3v) is 11.6. The van der Waals surface area contributed by atoms with Crippen LogP contribution in [0.3, 0.4) is 0 Å². The molecule has 332 valence electrons. The van der Waals surface area contributed by atoms with E-state index < -0.39 is 36.9 Å². The summed E-state index contributed by atoms with van der Waals surface area (Å²) in [6.45, 7) is 4.05. The van der Waals surface area contributed by atoms with Crippen LogP contribution in [0, 0.1) is 0 Å². The van der Waals surface area contributed by atoms with Crippen molar-refractivity contribution in [1.29, 1.82) is 0 Å². The van der Waals surface area contributed by atoms with Gasteiger partial charge >= 0.3 is 0 Å². The van der Waals surface area contributed by atoms with Gasteiger partial charge in [0.2, 0.25) is 5.91 Å². The van der Waals surface area contributed by atoms with Crippen molar-refractivity contribution in [3.05, 3.63) is 24.3 Å². The Kier molecular flexibility index (Phi) is 43.9. The highest BCUT2D eigenvalue weighted by molar-refractivity contribution is 5.80. The van der Waals surface area contributed by atoms with Gasteiger partial charge in [-0.25, -0.2) is 0 Å². The van der Waals surface area contributed by atoms with E-state index in [0.29, 0.717) is 19.3 Å². The van der Waals surface area contributed by atoms with Crippen LogP contribution in [0.5, 0.6) is 0 Å². The van der Waals surface area contributed by atoms with Gasteiger partial charge in [-0.15, -0.1) is 0 Å². The Morgan fingerprint density at radius 2 is 0.750 bits per heavy atom. The monoisotopic (exact) mass is 792 g/mol. The van der Waals surface area contributed by atoms with Crippen LogP contribution < -0.4 is 5.32 Å². The van der Waals surface area contributed by atoms with Crippen molar-refractivity contribution in [3.8, 4) is 0 Å². The maximum Gasteiger partial charge on any atom is 0.249 e. The van der Waals surface area contributed by atoms with Gasteiger partial charge in [0.15, 0.2) is 0 Å². The Morgan fingerprint density at radius 3 is 1.12 bits per heavy atom. The van der Waals surface area contributed by atoms with E-state index in [1.165, 1.54) is 186 Å². The number of carbonyl (C=O) groups is 1. The van der Waals surface area contributed by atoms with Crippen molar-refractivity contribution in [2.45, 2.75) is 282 Å². The first-order valence-electron chi connectivity index (χ1n) is 24.7. The van der Waals surface area contributed by atoms with Crippen LogP contribution in [0.2, 0.25) is 0 Å². The van der Waals surface area contributed by atoms with Gasteiger partial charge in [-0.05, 0) is 51.4 Å². The molecule has 6 heteroatoms. The van der Waals surface area contributed by atoms with Gasteiger partial charge in [0.25, 0.3) is 0 Å². The Hall–Kier alpha value is -1.21. The summed E-state index contributed by atoms with van der Waals surface area (Å²) in [4.78, 5) is 12.5. The summed E-state index contributed by atoms with van der Waals surface area (Å²) < 4.78 is 0. The summed E-state index contributed by atoms with van der Waals surface area (Å²) in [5.74, 6) is -0.595. The quantitative estimate of drug-likeness (QED) is 0.0312. The first kappa shape index (κ1) is 54.8. The van der Waals surface area contributed by atoms with Crippen molar-refractivity contribution in [3.63, 3.8) is 0 Å². The average Bonchev–Trinajstić information content (AvgIpc) is 3.20. The molecule has 0 aromatic carbocycles. The van der Waals surface area contributed by atoms with Crippen LogP contribution >= 0.6 is 0 Å². The van der Waals surface area contributed by atoms with Crippen LogP contribution in [-0.4, -0.2) is 57.3 Å². The number of hydrogen-bond acceptors (Lipinski definition) is 5. The summed E-state index contributed by atoms with van der Waals surface area (Å²) in [6, 6.07) is -1.00. The molecule has 0 rings (SSSR count). The summed E-state index contributed by atoms with van der Waals surface area (Å²) in [5.41, 5.74) is 0. The molecule has 0 bridgehead atoms. The highest BCUT2D eigenvalue weighted by atomic mass is 16.3. The molecule has 4 atom stereocenters. The molecule has 0 fully saturated rings. The second-order valence-corrected chi connectivity index (χ2v) is 17.2. The van der Waals surface area contributed by atoms with Crippen molar-refractivity contribution in [2.24, 2.45) is 0 Å². The zero-order valence-electron chi connectivity index (χ0n) is 37.4. The summed E-state index contributed by atoms with van der Waals surface area (Å²) in [7, 11) is 0. The molecule has 4 unspecified atom stereocenters. The molecule has 0 aliphatic heterocycles. The van der Waals surface area contributed by atoms with E-state index in [0.717, 1.165) is 38.5 Å². The molecule has 0 spiro atoms. The van der Waals surface area contributed by atoms with E-state index in [2.05, 4.69) is 43.5 Å². The summed E-state index contributed by atoms with van der Waals surface area (Å²) in [6.07, 6.45) is 52.3. The molecule has 1 amide bonds. The van der Waals surface area contributed by atoms with Gasteiger partial charge in [0.05, 0.1) is 18.8 Å². The number of hydrogen-bond donors (Lipinski definition) is 5. The molecule has 0 radical (unpaired) electrons. The lowest BCUT2D eigenvalue weighted by Crippen LogP contribution is -2.53. The Labute approximate surface area is 348 Å². The molecule has 0 aromatic rings. The normalized spacial score (nSPS) is 14.2. The fraction of sp³-hybridized carbons (Fsp3) is 0.900. The average molecular weight is 792 g/mol. The smallest absolute Gasteiger partial charge is 0.249 e. The van der Waals surface area contributed by atoms with Gasteiger partial charge in [-0.3, -0.25) is 4.79 Å². The van der Waals surface area contributed by atoms with Gasteiger partial charge < -0.3 is 25.7 Å².